The maximum absolute atomic E-state index is 13.9. The minimum atomic E-state index is -0.770. The van der Waals surface area contributed by atoms with Crippen LogP contribution in [0.15, 0.2) is 12.2 Å². The molecule has 0 spiro atoms. The van der Waals surface area contributed by atoms with E-state index < -0.39 is 35.4 Å². The van der Waals surface area contributed by atoms with Gasteiger partial charge in [-0.05, 0) is 46.0 Å². The molecule has 2 aliphatic rings. The minimum Gasteiger partial charge on any atom is -0.466 e. The number of allylic oxidation sites excluding steroid dienone is 1. The van der Waals surface area contributed by atoms with Crippen molar-refractivity contribution in [3.63, 3.8) is 0 Å². The third kappa shape index (κ3) is 5.36. The van der Waals surface area contributed by atoms with Crippen molar-refractivity contribution in [1.82, 2.24) is 10.2 Å². The van der Waals surface area contributed by atoms with Crippen molar-refractivity contribution in [3.8, 4) is 0 Å². The molecule has 32 heavy (non-hydrogen) atoms. The third-order valence-corrected chi connectivity index (χ3v) is 6.84. The number of nitrogens with one attached hydrogen (secondary N) is 1. The number of amides is 2. The van der Waals surface area contributed by atoms with E-state index in [0.717, 1.165) is 19.3 Å². The lowest BCUT2D eigenvalue weighted by Crippen LogP contribution is -2.56. The Morgan fingerprint density at radius 1 is 1.22 bits per heavy atom. The minimum absolute atomic E-state index is 0.00509. The zero-order valence-electron chi connectivity index (χ0n) is 20.8. The molecule has 1 fully saturated rings. The molecule has 182 valence electrons. The van der Waals surface area contributed by atoms with Gasteiger partial charge in [0.1, 0.15) is 6.04 Å². The Balaban J connectivity index is 2.59. The fourth-order valence-corrected chi connectivity index (χ4v) is 5.23. The van der Waals surface area contributed by atoms with Gasteiger partial charge in [0, 0.05) is 11.5 Å². The summed E-state index contributed by atoms with van der Waals surface area (Å²) < 4.78 is 5.39. The van der Waals surface area contributed by atoms with Gasteiger partial charge in [0.05, 0.1) is 31.1 Å². The quantitative estimate of drug-likeness (QED) is 0.416. The van der Waals surface area contributed by atoms with Crippen LogP contribution in [-0.2, 0) is 19.1 Å². The maximum atomic E-state index is 13.9. The average Bonchev–Trinajstić information content (AvgIpc) is 3.00. The Kier molecular flexibility index (Phi) is 8.91. The standard InChI is InChI=1S/C25H42N2O5/c1-8-11-16-12-13-17-20(19(16)24(31)32-10-3)23(30)27(18(14-28)15(4)9-2)21(17)22(29)26-25(5,6)7/h12-13,15-21,28H,8-11,14H2,1-7H3,(H,26,29)/t15-,16+,17-,18-,19+,20-,21-/m0/s1. The SMILES string of the molecule is CCC[C@@H]1C=C[C@H]2[C@H](C(=O)N([C@@H](CO)[C@@H](C)CC)[C@@H]2C(=O)NC(C)(C)C)[C@@H]1C(=O)OCC. The van der Waals surface area contributed by atoms with E-state index in [2.05, 4.69) is 12.2 Å². The zero-order valence-corrected chi connectivity index (χ0v) is 20.8. The lowest BCUT2D eigenvalue weighted by Gasteiger charge is -2.37. The molecular formula is C25H42N2O5. The number of hydrogen-bond donors (Lipinski definition) is 2. The van der Waals surface area contributed by atoms with Gasteiger partial charge in [-0.2, -0.15) is 0 Å². The van der Waals surface area contributed by atoms with E-state index in [4.69, 9.17) is 4.74 Å². The first-order valence-electron chi connectivity index (χ1n) is 12.1. The first kappa shape index (κ1) is 26.4. The highest BCUT2D eigenvalue weighted by atomic mass is 16.5. The first-order chi connectivity index (χ1) is 15.0. The maximum Gasteiger partial charge on any atom is 0.310 e. The highest BCUT2D eigenvalue weighted by Crippen LogP contribution is 2.47. The van der Waals surface area contributed by atoms with Gasteiger partial charge >= 0.3 is 5.97 Å². The molecule has 0 aromatic carbocycles. The monoisotopic (exact) mass is 450 g/mol. The van der Waals surface area contributed by atoms with Crippen LogP contribution in [0.1, 0.15) is 67.7 Å². The van der Waals surface area contributed by atoms with Gasteiger partial charge in [0.15, 0.2) is 0 Å². The van der Waals surface area contributed by atoms with E-state index in [9.17, 15) is 19.5 Å². The lowest BCUT2D eigenvalue weighted by molar-refractivity contribution is -0.156. The number of rotatable bonds is 9. The molecule has 2 rings (SSSR count). The summed E-state index contributed by atoms with van der Waals surface area (Å²) in [5.41, 5.74) is -0.474. The lowest BCUT2D eigenvalue weighted by atomic mass is 9.68. The van der Waals surface area contributed by atoms with Crippen LogP contribution in [0.25, 0.3) is 0 Å². The molecule has 7 atom stereocenters. The number of nitrogens with zero attached hydrogens (tertiary/aromatic N) is 1. The van der Waals surface area contributed by atoms with Crippen molar-refractivity contribution in [3.05, 3.63) is 12.2 Å². The number of ether oxygens (including phenoxy) is 1. The van der Waals surface area contributed by atoms with Gasteiger partial charge in [0.25, 0.3) is 0 Å². The Bertz CT molecular complexity index is 714. The first-order valence-corrected chi connectivity index (χ1v) is 12.1. The van der Waals surface area contributed by atoms with Gasteiger partial charge in [-0.3, -0.25) is 14.4 Å². The Hall–Kier alpha value is -1.89. The molecule has 7 heteroatoms. The van der Waals surface area contributed by atoms with E-state index in [1.807, 2.05) is 46.8 Å². The second kappa shape index (κ2) is 10.8. The van der Waals surface area contributed by atoms with Gasteiger partial charge in [0.2, 0.25) is 11.8 Å². The number of carbonyl (C=O) groups excluding carboxylic acids is 3. The van der Waals surface area contributed by atoms with Crippen LogP contribution in [0.5, 0.6) is 0 Å². The second-order valence-electron chi connectivity index (χ2n) is 10.3. The van der Waals surface area contributed by atoms with Crippen molar-refractivity contribution < 1.29 is 24.2 Å². The molecule has 0 bridgehead atoms. The van der Waals surface area contributed by atoms with E-state index in [0.29, 0.717) is 0 Å². The number of aliphatic hydroxyl groups is 1. The number of hydrogen-bond acceptors (Lipinski definition) is 5. The second-order valence-corrected chi connectivity index (χ2v) is 10.3. The van der Waals surface area contributed by atoms with Crippen LogP contribution in [0.3, 0.4) is 0 Å². The molecule has 1 aliphatic heterocycles. The van der Waals surface area contributed by atoms with Crippen molar-refractivity contribution >= 4 is 17.8 Å². The molecule has 0 aromatic heterocycles. The average molecular weight is 451 g/mol. The number of esters is 1. The molecule has 0 saturated carbocycles. The van der Waals surface area contributed by atoms with Gasteiger partial charge in [-0.25, -0.2) is 0 Å². The number of fused-ring (bicyclic) bond motifs is 1. The van der Waals surface area contributed by atoms with Crippen molar-refractivity contribution in [2.75, 3.05) is 13.2 Å². The van der Waals surface area contributed by atoms with Crippen molar-refractivity contribution in [2.45, 2.75) is 85.4 Å². The number of carbonyl (C=O) groups is 3. The topological polar surface area (TPSA) is 95.9 Å². The van der Waals surface area contributed by atoms with Crippen LogP contribution in [0.4, 0.5) is 0 Å². The predicted molar refractivity (Wildman–Crippen MR) is 123 cm³/mol. The van der Waals surface area contributed by atoms with E-state index in [1.165, 1.54) is 0 Å². The number of likely N-dealkylation sites (tertiary alicyclic amines) is 1. The highest BCUT2D eigenvalue weighted by Gasteiger charge is 2.59. The molecule has 1 heterocycles. The zero-order chi connectivity index (χ0) is 24.2. The summed E-state index contributed by atoms with van der Waals surface area (Å²) in [6, 6.07) is -1.26. The van der Waals surface area contributed by atoms with E-state index in [-0.39, 0.29) is 42.8 Å². The Labute approximate surface area is 192 Å². The summed E-state index contributed by atoms with van der Waals surface area (Å²) in [5, 5.41) is 13.3. The van der Waals surface area contributed by atoms with Crippen LogP contribution < -0.4 is 5.32 Å². The third-order valence-electron chi connectivity index (χ3n) is 6.84. The highest BCUT2D eigenvalue weighted by molar-refractivity contribution is 5.96. The Morgan fingerprint density at radius 3 is 2.38 bits per heavy atom. The molecular weight excluding hydrogens is 408 g/mol. The molecule has 1 aliphatic carbocycles. The summed E-state index contributed by atoms with van der Waals surface area (Å²) in [6.45, 7) is 13.5. The molecule has 0 unspecified atom stereocenters. The van der Waals surface area contributed by atoms with Crippen LogP contribution >= 0.6 is 0 Å². The van der Waals surface area contributed by atoms with Crippen LogP contribution in [0.2, 0.25) is 0 Å². The smallest absolute Gasteiger partial charge is 0.310 e. The fourth-order valence-electron chi connectivity index (χ4n) is 5.23. The molecule has 7 nitrogen and oxygen atoms in total. The summed E-state index contributed by atoms with van der Waals surface area (Å²) in [7, 11) is 0. The van der Waals surface area contributed by atoms with Crippen molar-refractivity contribution in [2.24, 2.45) is 29.6 Å². The predicted octanol–water partition coefficient (Wildman–Crippen LogP) is 2.92. The number of aliphatic hydroxyl groups excluding tert-OH is 1. The van der Waals surface area contributed by atoms with E-state index in [1.54, 1.807) is 11.8 Å². The van der Waals surface area contributed by atoms with Crippen LogP contribution in [0, 0.1) is 29.6 Å². The summed E-state index contributed by atoms with van der Waals surface area (Å²) in [5.74, 6) is -2.68. The molecule has 0 radical (unpaired) electrons. The Morgan fingerprint density at radius 2 is 1.88 bits per heavy atom. The molecule has 0 aromatic rings. The fraction of sp³-hybridized carbons (Fsp3) is 0.800. The van der Waals surface area contributed by atoms with E-state index >= 15 is 0 Å². The summed E-state index contributed by atoms with van der Waals surface area (Å²) >= 11 is 0. The summed E-state index contributed by atoms with van der Waals surface area (Å²) in [6.07, 6.45) is 6.35. The molecule has 2 amide bonds. The van der Waals surface area contributed by atoms with Crippen LogP contribution in [-0.4, -0.2) is 58.6 Å². The summed E-state index contributed by atoms with van der Waals surface area (Å²) in [4.78, 5) is 42.0. The molecule has 2 N–H and O–H groups in total. The van der Waals surface area contributed by atoms with Gasteiger partial charge in [-0.1, -0.05) is 45.8 Å². The van der Waals surface area contributed by atoms with Crippen molar-refractivity contribution in [1.29, 1.82) is 0 Å². The molecule has 1 saturated heterocycles. The van der Waals surface area contributed by atoms with Gasteiger partial charge in [-0.15, -0.1) is 0 Å². The normalized spacial score (nSPS) is 29.4. The largest absolute Gasteiger partial charge is 0.466 e. The van der Waals surface area contributed by atoms with Gasteiger partial charge < -0.3 is 20.1 Å².